The first-order valence-electron chi connectivity index (χ1n) is 4.32. The largest absolute Gasteiger partial charge is 0.394 e. The van der Waals surface area contributed by atoms with Crippen molar-refractivity contribution in [1.82, 2.24) is 0 Å². The van der Waals surface area contributed by atoms with Crippen molar-refractivity contribution in [3.8, 4) is 0 Å². The van der Waals surface area contributed by atoms with Crippen molar-refractivity contribution in [2.75, 3.05) is 20.3 Å². The second kappa shape index (κ2) is 7.10. The van der Waals surface area contributed by atoms with Gasteiger partial charge in [0, 0.05) is 7.11 Å². The van der Waals surface area contributed by atoms with Gasteiger partial charge in [-0.15, -0.1) is 0 Å². The Morgan fingerprint density at radius 1 is 1.14 bits per heavy atom. The van der Waals surface area contributed by atoms with Crippen LogP contribution in [0.5, 0.6) is 0 Å². The molecule has 0 aromatic rings. The molecule has 0 fully saturated rings. The number of methoxy groups -OCH3 is 1. The minimum Gasteiger partial charge on any atom is -0.394 e. The van der Waals surface area contributed by atoms with E-state index in [1.54, 1.807) is 6.92 Å². The Bertz CT molecular complexity index is 142. The Labute approximate surface area is 82.7 Å². The van der Waals surface area contributed by atoms with Crippen LogP contribution in [0.2, 0.25) is 0 Å². The van der Waals surface area contributed by atoms with E-state index in [1.807, 2.05) is 0 Å². The van der Waals surface area contributed by atoms with E-state index in [2.05, 4.69) is 0 Å². The molecule has 0 heterocycles. The maximum atomic E-state index is 9.37. The van der Waals surface area contributed by atoms with Crippen LogP contribution in [-0.2, 0) is 9.47 Å². The molecule has 14 heavy (non-hydrogen) atoms. The number of hydrogen-bond donors (Lipinski definition) is 4. The Balaban J connectivity index is 4.11. The number of aliphatic hydroxyl groups excluding tert-OH is 4. The molecule has 0 saturated heterocycles. The minimum absolute atomic E-state index is 0.466. The molecular formula is C8H18O6. The van der Waals surface area contributed by atoms with Crippen molar-refractivity contribution >= 4 is 0 Å². The number of rotatable bonds is 7. The van der Waals surface area contributed by atoms with Crippen LogP contribution in [-0.4, -0.2) is 65.4 Å². The molecule has 0 radical (unpaired) electrons. The van der Waals surface area contributed by atoms with Gasteiger partial charge in [0.05, 0.1) is 13.2 Å². The van der Waals surface area contributed by atoms with Crippen molar-refractivity contribution in [2.45, 2.75) is 31.5 Å². The smallest absolute Gasteiger partial charge is 0.155 e. The topological polar surface area (TPSA) is 99.4 Å². The van der Waals surface area contributed by atoms with Gasteiger partial charge < -0.3 is 29.9 Å². The molecule has 0 amide bonds. The lowest BCUT2D eigenvalue weighted by atomic mass is 10.1. The lowest BCUT2D eigenvalue weighted by Gasteiger charge is -2.26. The summed E-state index contributed by atoms with van der Waals surface area (Å²) < 4.78 is 9.80. The molecule has 0 saturated carbocycles. The summed E-state index contributed by atoms with van der Waals surface area (Å²) in [4.78, 5) is 0. The van der Waals surface area contributed by atoms with E-state index in [0.717, 1.165) is 0 Å². The van der Waals surface area contributed by atoms with Gasteiger partial charge in [-0.2, -0.15) is 0 Å². The monoisotopic (exact) mass is 210 g/mol. The summed E-state index contributed by atoms with van der Waals surface area (Å²) in [5.74, 6) is 0. The average molecular weight is 210 g/mol. The molecule has 0 aliphatic carbocycles. The predicted molar refractivity (Wildman–Crippen MR) is 47.5 cm³/mol. The SMILES string of the molecule is COC(C)OC(CO)[C@@H](O)[C@@H](O)CO. The third kappa shape index (κ3) is 4.32. The standard InChI is InChI=1S/C8H18O6/c1-5(13-2)14-7(4-10)8(12)6(11)3-9/h5-12H,3-4H2,1-2H3/t5?,6-,7?,8-/m0/s1. The number of aliphatic hydroxyl groups is 4. The van der Waals surface area contributed by atoms with Crippen LogP contribution >= 0.6 is 0 Å². The summed E-state index contributed by atoms with van der Waals surface area (Å²) in [7, 11) is 1.41. The van der Waals surface area contributed by atoms with E-state index in [0.29, 0.717) is 0 Å². The lowest BCUT2D eigenvalue weighted by molar-refractivity contribution is -0.197. The van der Waals surface area contributed by atoms with Gasteiger partial charge in [-0.05, 0) is 6.92 Å². The normalized spacial score (nSPS) is 20.1. The number of ether oxygens (including phenoxy) is 2. The van der Waals surface area contributed by atoms with E-state index in [1.165, 1.54) is 7.11 Å². The predicted octanol–water partition coefficient (Wildman–Crippen LogP) is -1.93. The summed E-state index contributed by atoms with van der Waals surface area (Å²) in [6, 6.07) is 0. The summed E-state index contributed by atoms with van der Waals surface area (Å²) >= 11 is 0. The molecule has 86 valence electrons. The van der Waals surface area contributed by atoms with Crippen LogP contribution in [0, 0.1) is 0 Å². The maximum Gasteiger partial charge on any atom is 0.155 e. The van der Waals surface area contributed by atoms with E-state index in [4.69, 9.17) is 24.8 Å². The van der Waals surface area contributed by atoms with Gasteiger partial charge in [-0.1, -0.05) is 0 Å². The summed E-state index contributed by atoms with van der Waals surface area (Å²) in [6.45, 7) is 0.523. The molecule has 0 aromatic heterocycles. The molecule has 6 heteroatoms. The van der Waals surface area contributed by atoms with Crippen molar-refractivity contribution in [2.24, 2.45) is 0 Å². The third-order valence-corrected chi connectivity index (χ3v) is 1.84. The first kappa shape index (κ1) is 13.8. The van der Waals surface area contributed by atoms with Crippen molar-refractivity contribution < 1.29 is 29.9 Å². The fraction of sp³-hybridized carbons (Fsp3) is 1.00. The zero-order chi connectivity index (χ0) is 11.1. The highest BCUT2D eigenvalue weighted by molar-refractivity contribution is 4.75. The van der Waals surface area contributed by atoms with E-state index in [-0.39, 0.29) is 0 Å². The second-order valence-electron chi connectivity index (χ2n) is 2.90. The van der Waals surface area contributed by atoms with Gasteiger partial charge in [-0.3, -0.25) is 0 Å². The molecule has 0 rings (SSSR count). The summed E-state index contributed by atoms with van der Waals surface area (Å²) in [5, 5.41) is 35.9. The van der Waals surface area contributed by atoms with Crippen LogP contribution < -0.4 is 0 Å². The highest BCUT2D eigenvalue weighted by atomic mass is 16.7. The van der Waals surface area contributed by atoms with Crippen LogP contribution in [0.15, 0.2) is 0 Å². The Morgan fingerprint density at radius 2 is 1.71 bits per heavy atom. The van der Waals surface area contributed by atoms with Gasteiger partial charge in [0.1, 0.15) is 18.3 Å². The Hall–Kier alpha value is -0.240. The maximum absolute atomic E-state index is 9.37. The highest BCUT2D eigenvalue weighted by Gasteiger charge is 2.27. The van der Waals surface area contributed by atoms with Crippen LogP contribution in [0.4, 0.5) is 0 Å². The fourth-order valence-electron chi connectivity index (χ4n) is 0.889. The lowest BCUT2D eigenvalue weighted by Crippen LogP contribution is -2.44. The van der Waals surface area contributed by atoms with Crippen molar-refractivity contribution in [3.63, 3.8) is 0 Å². The first-order valence-corrected chi connectivity index (χ1v) is 4.32. The molecule has 0 aliphatic heterocycles. The quantitative estimate of drug-likeness (QED) is 0.365. The molecule has 0 aliphatic rings. The summed E-state index contributed by atoms with van der Waals surface area (Å²) in [6.07, 6.45) is -4.27. The fourth-order valence-corrected chi connectivity index (χ4v) is 0.889. The van der Waals surface area contributed by atoms with Crippen molar-refractivity contribution in [1.29, 1.82) is 0 Å². The van der Waals surface area contributed by atoms with E-state index in [9.17, 15) is 5.11 Å². The molecular weight excluding hydrogens is 192 g/mol. The molecule has 6 nitrogen and oxygen atoms in total. The van der Waals surface area contributed by atoms with E-state index < -0.39 is 37.8 Å². The van der Waals surface area contributed by atoms with Gasteiger partial charge >= 0.3 is 0 Å². The molecule has 0 aromatic carbocycles. The van der Waals surface area contributed by atoms with Crippen LogP contribution in [0.25, 0.3) is 0 Å². The first-order chi connectivity index (χ1) is 6.56. The zero-order valence-electron chi connectivity index (χ0n) is 8.33. The van der Waals surface area contributed by atoms with Gasteiger partial charge in [0.25, 0.3) is 0 Å². The Morgan fingerprint density at radius 3 is 2.07 bits per heavy atom. The van der Waals surface area contributed by atoms with E-state index >= 15 is 0 Å². The molecule has 2 unspecified atom stereocenters. The average Bonchev–Trinajstić information content (AvgIpc) is 2.23. The van der Waals surface area contributed by atoms with Gasteiger partial charge in [-0.25, -0.2) is 0 Å². The second-order valence-corrected chi connectivity index (χ2v) is 2.90. The van der Waals surface area contributed by atoms with Crippen LogP contribution in [0.3, 0.4) is 0 Å². The molecule has 4 N–H and O–H groups in total. The third-order valence-electron chi connectivity index (χ3n) is 1.84. The van der Waals surface area contributed by atoms with Crippen LogP contribution in [0.1, 0.15) is 6.92 Å². The minimum atomic E-state index is -1.34. The molecule has 0 spiro atoms. The highest BCUT2D eigenvalue weighted by Crippen LogP contribution is 2.07. The Kier molecular flexibility index (Phi) is 6.98. The van der Waals surface area contributed by atoms with Crippen molar-refractivity contribution in [3.05, 3.63) is 0 Å². The number of hydrogen-bond acceptors (Lipinski definition) is 6. The van der Waals surface area contributed by atoms with Gasteiger partial charge in [0.2, 0.25) is 0 Å². The van der Waals surface area contributed by atoms with Gasteiger partial charge in [0.15, 0.2) is 6.29 Å². The summed E-state index contributed by atoms with van der Waals surface area (Å²) in [5.41, 5.74) is 0. The molecule has 0 bridgehead atoms. The molecule has 4 atom stereocenters. The zero-order valence-corrected chi connectivity index (χ0v) is 8.33.